The maximum Gasteiger partial charge on any atom is 0.244 e. The van der Waals surface area contributed by atoms with E-state index in [-0.39, 0.29) is 11.6 Å². The Kier molecular flexibility index (Phi) is 5.10. The Bertz CT molecular complexity index is 638. The van der Waals surface area contributed by atoms with Gasteiger partial charge in [-0.05, 0) is 35.8 Å². The Labute approximate surface area is 123 Å². The number of halogens is 1. The summed E-state index contributed by atoms with van der Waals surface area (Å²) >= 11 is 0. The zero-order chi connectivity index (χ0) is 15.1. The van der Waals surface area contributed by atoms with Gasteiger partial charge in [0, 0.05) is 12.6 Å². The lowest BCUT2D eigenvalue weighted by molar-refractivity contribution is -0.116. The average Bonchev–Trinajstić information content (AvgIpc) is 2.49. The molecule has 2 rings (SSSR count). The van der Waals surface area contributed by atoms with E-state index in [0.717, 1.165) is 6.42 Å². The minimum Gasteiger partial charge on any atom is -0.396 e. The number of rotatable bonds is 5. The molecule has 2 aromatic rings. The third-order valence-electron chi connectivity index (χ3n) is 3.00. The van der Waals surface area contributed by atoms with Gasteiger partial charge in [-0.1, -0.05) is 36.4 Å². The maximum absolute atomic E-state index is 13.0. The first kappa shape index (κ1) is 14.8. The molecular formula is C17H17FN2O. The Morgan fingerprint density at radius 1 is 1.19 bits per heavy atom. The van der Waals surface area contributed by atoms with Gasteiger partial charge in [-0.25, -0.2) is 4.39 Å². The van der Waals surface area contributed by atoms with E-state index < -0.39 is 5.82 Å². The van der Waals surface area contributed by atoms with E-state index >= 15 is 0 Å². The molecule has 3 nitrogen and oxygen atoms in total. The molecule has 0 saturated heterocycles. The Hall–Kier alpha value is -2.62. The SMILES string of the molecule is Nc1cc(/C=C/C(=O)NCCc2ccccc2)ccc1F. The number of nitrogens with one attached hydrogen (secondary N) is 1. The van der Waals surface area contributed by atoms with E-state index in [1.165, 1.54) is 23.8 Å². The molecule has 0 atom stereocenters. The highest BCUT2D eigenvalue weighted by molar-refractivity contribution is 5.91. The molecule has 0 aliphatic heterocycles. The summed E-state index contributed by atoms with van der Waals surface area (Å²) in [7, 11) is 0. The number of amides is 1. The molecule has 0 spiro atoms. The lowest BCUT2D eigenvalue weighted by Crippen LogP contribution is -2.23. The molecule has 0 unspecified atom stereocenters. The largest absolute Gasteiger partial charge is 0.396 e. The van der Waals surface area contributed by atoms with Crippen LogP contribution in [0.1, 0.15) is 11.1 Å². The van der Waals surface area contributed by atoms with Crippen molar-refractivity contribution in [2.24, 2.45) is 0 Å². The highest BCUT2D eigenvalue weighted by Gasteiger charge is 1.99. The molecule has 0 bridgehead atoms. The van der Waals surface area contributed by atoms with Crippen LogP contribution in [0.4, 0.5) is 10.1 Å². The molecule has 0 saturated carbocycles. The van der Waals surface area contributed by atoms with E-state index in [9.17, 15) is 9.18 Å². The Balaban J connectivity index is 1.81. The monoisotopic (exact) mass is 284 g/mol. The number of hydrogen-bond donors (Lipinski definition) is 2. The fraction of sp³-hybridized carbons (Fsp3) is 0.118. The fourth-order valence-corrected chi connectivity index (χ4v) is 1.87. The van der Waals surface area contributed by atoms with Crippen molar-refractivity contribution in [3.05, 3.63) is 71.6 Å². The molecule has 1 amide bonds. The highest BCUT2D eigenvalue weighted by atomic mass is 19.1. The van der Waals surface area contributed by atoms with Crippen LogP contribution in [0.5, 0.6) is 0 Å². The smallest absolute Gasteiger partial charge is 0.244 e. The van der Waals surface area contributed by atoms with Crippen molar-refractivity contribution in [1.29, 1.82) is 0 Å². The Morgan fingerprint density at radius 2 is 1.95 bits per heavy atom. The molecule has 0 aliphatic rings. The van der Waals surface area contributed by atoms with E-state index in [1.54, 1.807) is 12.1 Å². The summed E-state index contributed by atoms with van der Waals surface area (Å²) in [4.78, 5) is 11.7. The number of carbonyl (C=O) groups is 1. The zero-order valence-electron chi connectivity index (χ0n) is 11.6. The summed E-state index contributed by atoms with van der Waals surface area (Å²) in [5, 5.41) is 2.80. The highest BCUT2D eigenvalue weighted by Crippen LogP contribution is 2.13. The number of anilines is 1. The van der Waals surface area contributed by atoms with Crippen LogP contribution < -0.4 is 11.1 Å². The summed E-state index contributed by atoms with van der Waals surface area (Å²) in [6, 6.07) is 14.3. The second-order valence-corrected chi connectivity index (χ2v) is 4.64. The van der Waals surface area contributed by atoms with Gasteiger partial charge in [0.25, 0.3) is 0 Å². The van der Waals surface area contributed by atoms with Crippen molar-refractivity contribution >= 4 is 17.7 Å². The van der Waals surface area contributed by atoms with Crippen molar-refractivity contribution in [2.75, 3.05) is 12.3 Å². The molecule has 0 aromatic heterocycles. The van der Waals surface area contributed by atoms with Crippen LogP contribution in [0.3, 0.4) is 0 Å². The number of benzene rings is 2. The molecule has 21 heavy (non-hydrogen) atoms. The van der Waals surface area contributed by atoms with Crippen molar-refractivity contribution in [3.8, 4) is 0 Å². The first-order chi connectivity index (χ1) is 10.1. The van der Waals surface area contributed by atoms with Gasteiger partial charge in [0.1, 0.15) is 5.82 Å². The molecule has 0 radical (unpaired) electrons. The normalized spacial score (nSPS) is 10.7. The number of nitrogens with two attached hydrogens (primary N) is 1. The van der Waals surface area contributed by atoms with Crippen LogP contribution in [0.15, 0.2) is 54.6 Å². The molecule has 3 N–H and O–H groups in total. The lowest BCUT2D eigenvalue weighted by atomic mass is 10.1. The minimum absolute atomic E-state index is 0.0710. The van der Waals surface area contributed by atoms with Gasteiger partial charge in [-0.3, -0.25) is 4.79 Å². The standard InChI is InChI=1S/C17H17FN2O/c18-15-8-6-14(12-16(15)19)7-9-17(21)20-11-10-13-4-2-1-3-5-13/h1-9,12H,10-11,19H2,(H,20,21)/b9-7+. The maximum atomic E-state index is 13.0. The number of nitrogen functional groups attached to an aromatic ring is 1. The summed E-state index contributed by atoms with van der Waals surface area (Å²) < 4.78 is 13.0. The predicted octanol–water partition coefficient (Wildman–Crippen LogP) is 2.78. The van der Waals surface area contributed by atoms with Crippen molar-refractivity contribution in [3.63, 3.8) is 0 Å². The van der Waals surface area contributed by atoms with Crippen molar-refractivity contribution < 1.29 is 9.18 Å². The third-order valence-corrected chi connectivity index (χ3v) is 3.00. The molecule has 0 fully saturated rings. The van der Waals surface area contributed by atoms with Gasteiger partial charge < -0.3 is 11.1 Å². The van der Waals surface area contributed by atoms with E-state index in [1.807, 2.05) is 30.3 Å². The van der Waals surface area contributed by atoms with Gasteiger partial charge in [-0.15, -0.1) is 0 Å². The van der Waals surface area contributed by atoms with Gasteiger partial charge in [0.15, 0.2) is 0 Å². The molecule has 0 aliphatic carbocycles. The second kappa shape index (κ2) is 7.24. The topological polar surface area (TPSA) is 55.1 Å². The van der Waals surface area contributed by atoms with E-state index in [0.29, 0.717) is 12.1 Å². The number of carbonyl (C=O) groups excluding carboxylic acids is 1. The van der Waals surface area contributed by atoms with Crippen LogP contribution in [0.25, 0.3) is 6.08 Å². The van der Waals surface area contributed by atoms with E-state index in [4.69, 9.17) is 5.73 Å². The lowest BCUT2D eigenvalue weighted by Gasteiger charge is -2.02. The van der Waals surface area contributed by atoms with Gasteiger partial charge in [-0.2, -0.15) is 0 Å². The Morgan fingerprint density at radius 3 is 2.67 bits per heavy atom. The zero-order valence-corrected chi connectivity index (χ0v) is 11.6. The van der Waals surface area contributed by atoms with Crippen molar-refractivity contribution in [1.82, 2.24) is 5.32 Å². The first-order valence-electron chi connectivity index (χ1n) is 6.70. The van der Waals surface area contributed by atoms with Crippen LogP contribution in [0, 0.1) is 5.82 Å². The molecule has 2 aromatic carbocycles. The molecule has 4 heteroatoms. The quantitative estimate of drug-likeness (QED) is 0.655. The van der Waals surface area contributed by atoms with Crippen LogP contribution in [0.2, 0.25) is 0 Å². The van der Waals surface area contributed by atoms with Gasteiger partial charge >= 0.3 is 0 Å². The summed E-state index contributed by atoms with van der Waals surface area (Å²) in [5.41, 5.74) is 7.39. The van der Waals surface area contributed by atoms with Gasteiger partial charge in [0.05, 0.1) is 5.69 Å². The fourth-order valence-electron chi connectivity index (χ4n) is 1.87. The van der Waals surface area contributed by atoms with Crippen molar-refractivity contribution in [2.45, 2.75) is 6.42 Å². The van der Waals surface area contributed by atoms with E-state index in [2.05, 4.69) is 5.32 Å². The second-order valence-electron chi connectivity index (χ2n) is 4.64. The molecular weight excluding hydrogens is 267 g/mol. The number of hydrogen-bond acceptors (Lipinski definition) is 2. The summed E-state index contributed by atoms with van der Waals surface area (Å²) in [5.74, 6) is -0.645. The van der Waals surface area contributed by atoms with Crippen LogP contribution in [-0.4, -0.2) is 12.5 Å². The first-order valence-corrected chi connectivity index (χ1v) is 6.70. The summed E-state index contributed by atoms with van der Waals surface area (Å²) in [6.45, 7) is 0.568. The van der Waals surface area contributed by atoms with Crippen LogP contribution in [-0.2, 0) is 11.2 Å². The predicted molar refractivity (Wildman–Crippen MR) is 83.0 cm³/mol. The minimum atomic E-state index is -0.459. The average molecular weight is 284 g/mol. The molecule has 0 heterocycles. The molecule has 108 valence electrons. The van der Waals surface area contributed by atoms with Gasteiger partial charge in [0.2, 0.25) is 5.91 Å². The summed E-state index contributed by atoms with van der Waals surface area (Å²) in [6.07, 6.45) is 3.80. The van der Waals surface area contributed by atoms with Crippen LogP contribution >= 0.6 is 0 Å². The third kappa shape index (κ3) is 4.76.